The van der Waals surface area contributed by atoms with E-state index in [-0.39, 0.29) is 23.0 Å². The van der Waals surface area contributed by atoms with Crippen molar-refractivity contribution in [3.63, 3.8) is 0 Å². The van der Waals surface area contributed by atoms with Gasteiger partial charge in [0, 0.05) is 6.07 Å². The van der Waals surface area contributed by atoms with Crippen molar-refractivity contribution in [1.29, 1.82) is 0 Å². The fourth-order valence-electron chi connectivity index (χ4n) is 1.76. The van der Waals surface area contributed by atoms with Gasteiger partial charge in [-0.05, 0) is 12.0 Å². The summed E-state index contributed by atoms with van der Waals surface area (Å²) in [6.45, 7) is 3.29. The first-order valence-corrected chi connectivity index (χ1v) is 6.27. The maximum atomic E-state index is 13.9. The Morgan fingerprint density at radius 1 is 1.19 bits per heavy atom. The van der Waals surface area contributed by atoms with Crippen LogP contribution < -0.4 is 14.8 Å². The van der Waals surface area contributed by atoms with E-state index in [4.69, 9.17) is 14.6 Å². The van der Waals surface area contributed by atoms with Crippen LogP contribution in [0.15, 0.2) is 12.1 Å². The zero-order valence-corrected chi connectivity index (χ0v) is 12.3. The highest BCUT2D eigenvalue weighted by atomic mass is 19.1. The van der Waals surface area contributed by atoms with Crippen molar-refractivity contribution in [2.45, 2.75) is 19.9 Å². The minimum Gasteiger partial charge on any atom is -0.493 e. The maximum Gasteiger partial charge on any atom is 0.326 e. The summed E-state index contributed by atoms with van der Waals surface area (Å²) in [7, 11) is 2.70. The van der Waals surface area contributed by atoms with Gasteiger partial charge in [0.1, 0.15) is 11.9 Å². The van der Waals surface area contributed by atoms with Gasteiger partial charge in [-0.15, -0.1) is 0 Å². The Bertz CT molecular complexity index is 544. The van der Waals surface area contributed by atoms with Crippen LogP contribution >= 0.6 is 0 Å². The van der Waals surface area contributed by atoms with E-state index in [9.17, 15) is 14.0 Å². The number of carboxylic acid groups (broad SMARTS) is 1. The van der Waals surface area contributed by atoms with Gasteiger partial charge in [-0.1, -0.05) is 13.8 Å². The molecule has 116 valence electrons. The average molecular weight is 299 g/mol. The van der Waals surface area contributed by atoms with Crippen molar-refractivity contribution >= 4 is 11.9 Å². The van der Waals surface area contributed by atoms with Gasteiger partial charge in [0.2, 0.25) is 0 Å². The molecule has 0 saturated carbocycles. The summed E-state index contributed by atoms with van der Waals surface area (Å²) in [6, 6.07) is 1.08. The fourth-order valence-corrected chi connectivity index (χ4v) is 1.76. The van der Waals surface area contributed by atoms with Crippen LogP contribution in [0.3, 0.4) is 0 Å². The number of rotatable bonds is 6. The second kappa shape index (κ2) is 6.92. The molecular weight excluding hydrogens is 281 g/mol. The van der Waals surface area contributed by atoms with Gasteiger partial charge in [0.25, 0.3) is 5.91 Å². The number of carbonyl (C=O) groups excluding carboxylic acids is 1. The second-order valence-electron chi connectivity index (χ2n) is 4.72. The first kappa shape index (κ1) is 16.7. The number of carbonyl (C=O) groups is 2. The quantitative estimate of drug-likeness (QED) is 0.835. The summed E-state index contributed by atoms with van der Waals surface area (Å²) >= 11 is 0. The van der Waals surface area contributed by atoms with Crippen molar-refractivity contribution < 1.29 is 28.6 Å². The van der Waals surface area contributed by atoms with Crippen LogP contribution in [-0.2, 0) is 4.79 Å². The molecule has 1 unspecified atom stereocenters. The lowest BCUT2D eigenvalue weighted by Crippen LogP contribution is -2.44. The van der Waals surface area contributed by atoms with E-state index >= 15 is 0 Å². The number of carboxylic acids is 1. The number of amides is 1. The molecule has 7 heteroatoms. The van der Waals surface area contributed by atoms with Crippen molar-refractivity contribution in [1.82, 2.24) is 5.32 Å². The van der Waals surface area contributed by atoms with Crippen LogP contribution in [0.5, 0.6) is 11.5 Å². The molecule has 0 aliphatic carbocycles. The summed E-state index contributed by atoms with van der Waals surface area (Å²) in [5.74, 6) is -2.84. The first-order chi connectivity index (χ1) is 9.81. The topological polar surface area (TPSA) is 84.9 Å². The molecule has 0 aromatic heterocycles. The largest absolute Gasteiger partial charge is 0.493 e. The molecule has 0 heterocycles. The monoisotopic (exact) mass is 299 g/mol. The molecule has 0 spiro atoms. The maximum absolute atomic E-state index is 13.9. The third-order valence-corrected chi connectivity index (χ3v) is 2.94. The number of aliphatic carboxylic acids is 1. The van der Waals surface area contributed by atoms with E-state index in [1.165, 1.54) is 20.3 Å². The van der Waals surface area contributed by atoms with E-state index in [0.29, 0.717) is 0 Å². The molecule has 21 heavy (non-hydrogen) atoms. The zero-order chi connectivity index (χ0) is 16.2. The molecule has 1 aromatic rings. The molecule has 1 rings (SSSR count). The minimum absolute atomic E-state index is 0.144. The Kier molecular flexibility index (Phi) is 5.52. The van der Waals surface area contributed by atoms with Gasteiger partial charge in [-0.2, -0.15) is 0 Å². The standard InChI is InChI=1S/C14H18FNO5/c1-7(2)12(14(18)19)16-13(17)8-5-10(20-3)11(21-4)6-9(8)15/h5-7,12H,1-4H3,(H,16,17)(H,18,19). The highest BCUT2D eigenvalue weighted by Crippen LogP contribution is 2.29. The van der Waals surface area contributed by atoms with Crippen LogP contribution in [0.2, 0.25) is 0 Å². The van der Waals surface area contributed by atoms with Crippen molar-refractivity contribution in [3.05, 3.63) is 23.5 Å². The Morgan fingerprint density at radius 2 is 1.71 bits per heavy atom. The van der Waals surface area contributed by atoms with Crippen LogP contribution in [0.1, 0.15) is 24.2 Å². The highest BCUT2D eigenvalue weighted by Gasteiger charge is 2.26. The van der Waals surface area contributed by atoms with Gasteiger partial charge < -0.3 is 19.9 Å². The number of ether oxygens (including phenoxy) is 2. The van der Waals surface area contributed by atoms with Crippen LogP contribution in [0.25, 0.3) is 0 Å². The number of nitrogens with one attached hydrogen (secondary N) is 1. The van der Waals surface area contributed by atoms with Gasteiger partial charge in [0.05, 0.1) is 19.8 Å². The van der Waals surface area contributed by atoms with Crippen LogP contribution in [0.4, 0.5) is 4.39 Å². The zero-order valence-electron chi connectivity index (χ0n) is 12.3. The Balaban J connectivity index is 3.10. The molecule has 2 N–H and O–H groups in total. The number of hydrogen-bond acceptors (Lipinski definition) is 4. The third-order valence-electron chi connectivity index (χ3n) is 2.94. The predicted molar refractivity (Wildman–Crippen MR) is 73.2 cm³/mol. The highest BCUT2D eigenvalue weighted by molar-refractivity contribution is 5.97. The lowest BCUT2D eigenvalue weighted by atomic mass is 10.0. The number of methoxy groups -OCH3 is 2. The Morgan fingerprint density at radius 3 is 2.14 bits per heavy atom. The number of benzene rings is 1. The minimum atomic E-state index is -1.18. The number of halogens is 1. The molecule has 0 fully saturated rings. The van der Waals surface area contributed by atoms with Crippen molar-refractivity contribution in [2.24, 2.45) is 5.92 Å². The van der Waals surface area contributed by atoms with Crippen molar-refractivity contribution in [2.75, 3.05) is 14.2 Å². The molecule has 0 bridgehead atoms. The molecular formula is C14H18FNO5. The van der Waals surface area contributed by atoms with E-state index < -0.39 is 23.7 Å². The van der Waals surface area contributed by atoms with Crippen LogP contribution in [-0.4, -0.2) is 37.2 Å². The molecule has 0 radical (unpaired) electrons. The fraction of sp³-hybridized carbons (Fsp3) is 0.429. The van der Waals surface area contributed by atoms with Gasteiger partial charge in [-0.3, -0.25) is 4.79 Å². The molecule has 0 aliphatic heterocycles. The molecule has 1 amide bonds. The Hall–Kier alpha value is -2.31. The molecule has 1 aromatic carbocycles. The van der Waals surface area contributed by atoms with Gasteiger partial charge in [-0.25, -0.2) is 9.18 Å². The SMILES string of the molecule is COc1cc(F)c(C(=O)NC(C(=O)O)C(C)C)cc1OC. The second-order valence-corrected chi connectivity index (χ2v) is 4.72. The summed E-state index contributed by atoms with van der Waals surface area (Å²) in [5.41, 5.74) is -0.306. The van der Waals surface area contributed by atoms with E-state index in [1.54, 1.807) is 13.8 Å². The summed E-state index contributed by atoms with van der Waals surface area (Å²) in [6.07, 6.45) is 0. The van der Waals surface area contributed by atoms with E-state index in [2.05, 4.69) is 5.32 Å². The third kappa shape index (κ3) is 3.84. The lowest BCUT2D eigenvalue weighted by molar-refractivity contribution is -0.140. The molecule has 0 aliphatic rings. The molecule has 0 saturated heterocycles. The first-order valence-electron chi connectivity index (χ1n) is 6.27. The summed E-state index contributed by atoms with van der Waals surface area (Å²) in [5, 5.41) is 11.3. The number of hydrogen-bond donors (Lipinski definition) is 2. The average Bonchev–Trinajstić information content (AvgIpc) is 2.43. The molecule has 1 atom stereocenters. The normalized spacial score (nSPS) is 11.9. The van der Waals surface area contributed by atoms with E-state index in [0.717, 1.165) is 6.07 Å². The van der Waals surface area contributed by atoms with Crippen molar-refractivity contribution in [3.8, 4) is 11.5 Å². The van der Waals surface area contributed by atoms with Gasteiger partial charge in [0.15, 0.2) is 11.5 Å². The smallest absolute Gasteiger partial charge is 0.326 e. The van der Waals surface area contributed by atoms with Crippen LogP contribution in [0, 0.1) is 11.7 Å². The lowest BCUT2D eigenvalue weighted by Gasteiger charge is -2.18. The Labute approximate surface area is 121 Å². The predicted octanol–water partition coefficient (Wildman–Crippen LogP) is 1.68. The molecule has 6 nitrogen and oxygen atoms in total. The van der Waals surface area contributed by atoms with E-state index in [1.807, 2.05) is 0 Å². The van der Waals surface area contributed by atoms with Gasteiger partial charge >= 0.3 is 5.97 Å². The summed E-state index contributed by atoms with van der Waals surface area (Å²) < 4.78 is 23.8. The summed E-state index contributed by atoms with van der Waals surface area (Å²) in [4.78, 5) is 23.1.